The van der Waals surface area contributed by atoms with Gasteiger partial charge in [-0.2, -0.15) is 0 Å². The van der Waals surface area contributed by atoms with Crippen molar-refractivity contribution in [3.8, 4) is 0 Å². The molecule has 2 aromatic rings. The molecule has 0 bridgehead atoms. The van der Waals surface area contributed by atoms with Gasteiger partial charge < -0.3 is 0 Å². The van der Waals surface area contributed by atoms with Crippen molar-refractivity contribution in [1.82, 2.24) is 0 Å². The number of carbonyl (C=O) groups excluding carboxylic acids is 1. The first-order valence-corrected chi connectivity index (χ1v) is 8.86. The van der Waals surface area contributed by atoms with Crippen LogP contribution in [-0.4, -0.2) is 15.2 Å². The highest BCUT2D eigenvalue weighted by Crippen LogP contribution is 2.37. The van der Waals surface area contributed by atoms with Gasteiger partial charge in [0.25, 0.3) is 11.6 Å². The fourth-order valence-electron chi connectivity index (χ4n) is 2.18. The van der Waals surface area contributed by atoms with E-state index in [1.165, 1.54) is 41.3 Å². The highest BCUT2D eigenvalue weighted by Gasteiger charge is 2.33. The Morgan fingerprint density at radius 1 is 1.24 bits per heavy atom. The Balaban J connectivity index is 1.93. The molecule has 0 unspecified atom stereocenters. The minimum Gasteiger partial charge on any atom is -0.268 e. The van der Waals surface area contributed by atoms with Gasteiger partial charge in [-0.25, -0.2) is 4.39 Å². The molecule has 3 rings (SSSR count). The van der Waals surface area contributed by atoms with Crippen LogP contribution in [0.4, 0.5) is 15.8 Å². The zero-order valence-corrected chi connectivity index (χ0v) is 15.5. The van der Waals surface area contributed by atoms with Crippen molar-refractivity contribution < 1.29 is 14.1 Å². The molecule has 1 fully saturated rings. The minimum absolute atomic E-state index is 0.0825. The Hall–Kier alpha value is -2.10. The van der Waals surface area contributed by atoms with Crippen molar-refractivity contribution in [3.63, 3.8) is 0 Å². The van der Waals surface area contributed by atoms with Crippen LogP contribution in [0, 0.1) is 15.9 Å². The van der Waals surface area contributed by atoms with E-state index in [4.69, 9.17) is 12.2 Å². The van der Waals surface area contributed by atoms with Crippen LogP contribution >= 0.6 is 39.9 Å². The molecule has 0 atom stereocenters. The summed E-state index contributed by atoms with van der Waals surface area (Å²) < 4.78 is 14.9. The monoisotopic (exact) mass is 438 g/mol. The Kier molecular flexibility index (Phi) is 4.98. The van der Waals surface area contributed by atoms with Crippen LogP contribution in [0.2, 0.25) is 0 Å². The average Bonchev–Trinajstić information content (AvgIpc) is 2.85. The number of nitro benzene ring substituents is 1. The van der Waals surface area contributed by atoms with Crippen LogP contribution in [0.1, 0.15) is 5.56 Å². The summed E-state index contributed by atoms with van der Waals surface area (Å²) in [6, 6.07) is 9.92. The van der Waals surface area contributed by atoms with Crippen molar-refractivity contribution >= 4 is 67.6 Å². The van der Waals surface area contributed by atoms with Gasteiger partial charge in [-0.3, -0.25) is 19.8 Å². The van der Waals surface area contributed by atoms with Crippen LogP contribution in [0.3, 0.4) is 0 Å². The molecule has 0 radical (unpaired) electrons. The first-order chi connectivity index (χ1) is 11.9. The number of hydrogen-bond acceptors (Lipinski definition) is 5. The molecule has 0 N–H and O–H groups in total. The normalized spacial score (nSPS) is 15.9. The molecule has 1 aliphatic rings. The van der Waals surface area contributed by atoms with E-state index in [2.05, 4.69) is 15.9 Å². The summed E-state index contributed by atoms with van der Waals surface area (Å²) in [4.78, 5) is 24.4. The molecule has 0 aromatic heterocycles. The predicted octanol–water partition coefficient (Wildman–Crippen LogP) is 4.90. The number of nitro groups is 1. The fraction of sp³-hybridized carbons (Fsp3) is 0. The molecule has 0 aliphatic carbocycles. The number of thioether (sulfide) groups is 1. The van der Waals surface area contributed by atoms with Crippen molar-refractivity contribution in [1.29, 1.82) is 0 Å². The molecule has 25 heavy (non-hydrogen) atoms. The van der Waals surface area contributed by atoms with Gasteiger partial charge in [0.05, 0.1) is 15.5 Å². The third-order valence-electron chi connectivity index (χ3n) is 3.36. The van der Waals surface area contributed by atoms with Gasteiger partial charge in [0.15, 0.2) is 4.32 Å². The van der Waals surface area contributed by atoms with Gasteiger partial charge in [-0.1, -0.05) is 39.9 Å². The third kappa shape index (κ3) is 3.63. The molecule has 126 valence electrons. The van der Waals surface area contributed by atoms with Gasteiger partial charge in [0.1, 0.15) is 5.82 Å². The van der Waals surface area contributed by atoms with Crippen LogP contribution in [0.25, 0.3) is 6.08 Å². The summed E-state index contributed by atoms with van der Waals surface area (Å²) in [5, 5.41) is 10.7. The summed E-state index contributed by atoms with van der Waals surface area (Å²) >= 11 is 9.54. The number of non-ortho nitro benzene ring substituents is 1. The second kappa shape index (κ2) is 7.03. The molecule has 0 spiro atoms. The lowest BCUT2D eigenvalue weighted by molar-refractivity contribution is -0.384. The molecule has 0 saturated carbocycles. The first-order valence-electron chi connectivity index (χ1n) is 6.84. The molecular weight excluding hydrogens is 431 g/mol. The van der Waals surface area contributed by atoms with E-state index in [0.29, 0.717) is 10.2 Å². The second-order valence-electron chi connectivity index (χ2n) is 4.96. The zero-order valence-electron chi connectivity index (χ0n) is 12.3. The molecule has 2 aromatic carbocycles. The number of anilines is 1. The topological polar surface area (TPSA) is 63.5 Å². The largest absolute Gasteiger partial charge is 0.270 e. The van der Waals surface area contributed by atoms with Gasteiger partial charge in [-0.05, 0) is 36.4 Å². The highest BCUT2D eigenvalue weighted by molar-refractivity contribution is 9.10. The molecule has 1 aliphatic heterocycles. The van der Waals surface area contributed by atoms with E-state index >= 15 is 0 Å². The zero-order chi connectivity index (χ0) is 18.1. The van der Waals surface area contributed by atoms with Gasteiger partial charge in [0, 0.05) is 22.2 Å². The van der Waals surface area contributed by atoms with E-state index in [9.17, 15) is 19.3 Å². The molecule has 1 saturated heterocycles. The lowest BCUT2D eigenvalue weighted by atomic mass is 10.2. The number of thiocarbonyl (C=S) groups is 1. The number of amides is 1. The predicted molar refractivity (Wildman–Crippen MR) is 103 cm³/mol. The van der Waals surface area contributed by atoms with Gasteiger partial charge >= 0.3 is 0 Å². The average molecular weight is 439 g/mol. The maximum Gasteiger partial charge on any atom is 0.270 e. The Morgan fingerprint density at radius 3 is 2.56 bits per heavy atom. The van der Waals surface area contributed by atoms with E-state index < -0.39 is 16.6 Å². The SMILES string of the molecule is O=C1/C(=C\c2cc(Br)ccc2F)SC(=S)N1c1ccc([N+](=O)[O-])cc1. The van der Waals surface area contributed by atoms with Crippen LogP contribution in [-0.2, 0) is 4.79 Å². The molecule has 1 amide bonds. The fourth-order valence-corrected chi connectivity index (χ4v) is 3.85. The number of rotatable bonds is 3. The maximum absolute atomic E-state index is 13.9. The summed E-state index contributed by atoms with van der Waals surface area (Å²) in [5.74, 6) is -0.855. The lowest BCUT2D eigenvalue weighted by Crippen LogP contribution is -2.27. The van der Waals surface area contributed by atoms with Crippen LogP contribution in [0.15, 0.2) is 51.8 Å². The van der Waals surface area contributed by atoms with Crippen LogP contribution in [0.5, 0.6) is 0 Å². The van der Waals surface area contributed by atoms with Gasteiger partial charge in [0.2, 0.25) is 0 Å². The second-order valence-corrected chi connectivity index (χ2v) is 7.55. The van der Waals surface area contributed by atoms with Crippen molar-refractivity contribution in [2.24, 2.45) is 0 Å². The van der Waals surface area contributed by atoms with E-state index in [1.54, 1.807) is 12.1 Å². The Bertz CT molecular complexity index is 931. The quantitative estimate of drug-likeness (QED) is 0.295. The van der Waals surface area contributed by atoms with Crippen molar-refractivity contribution in [3.05, 3.63) is 73.3 Å². The first kappa shape index (κ1) is 17.7. The smallest absolute Gasteiger partial charge is 0.268 e. The number of hydrogen-bond donors (Lipinski definition) is 0. The summed E-state index contributed by atoms with van der Waals surface area (Å²) in [6.45, 7) is 0. The Morgan fingerprint density at radius 2 is 1.92 bits per heavy atom. The molecule has 9 heteroatoms. The van der Waals surface area contributed by atoms with Crippen molar-refractivity contribution in [2.45, 2.75) is 0 Å². The number of carbonyl (C=O) groups is 1. The molecule has 5 nitrogen and oxygen atoms in total. The Labute approximate surface area is 159 Å². The molecule has 1 heterocycles. The number of halogens is 2. The summed E-state index contributed by atoms with van der Waals surface area (Å²) in [6.07, 6.45) is 1.44. The van der Waals surface area contributed by atoms with E-state index in [1.807, 2.05) is 0 Å². The summed E-state index contributed by atoms with van der Waals surface area (Å²) in [5.41, 5.74) is 0.603. The summed E-state index contributed by atoms with van der Waals surface area (Å²) in [7, 11) is 0. The maximum atomic E-state index is 13.9. The number of nitrogens with zero attached hydrogens (tertiary/aromatic N) is 2. The number of benzene rings is 2. The third-order valence-corrected chi connectivity index (χ3v) is 5.15. The lowest BCUT2D eigenvalue weighted by Gasteiger charge is -2.13. The van der Waals surface area contributed by atoms with E-state index in [-0.39, 0.29) is 20.5 Å². The minimum atomic E-state index is -0.524. The van der Waals surface area contributed by atoms with Gasteiger partial charge in [-0.15, -0.1) is 0 Å². The highest BCUT2D eigenvalue weighted by atomic mass is 79.9. The standard InChI is InChI=1S/C16H8BrFN2O3S2/c17-10-1-6-13(18)9(7-10)8-14-15(21)19(16(24)25-14)11-2-4-12(5-3-11)20(22)23/h1-8H/b14-8+. The van der Waals surface area contributed by atoms with E-state index in [0.717, 1.165) is 11.8 Å². The van der Waals surface area contributed by atoms with Crippen LogP contribution < -0.4 is 4.90 Å². The van der Waals surface area contributed by atoms with Crippen molar-refractivity contribution in [2.75, 3.05) is 4.90 Å². The molecular formula is C16H8BrFN2O3S2.